The van der Waals surface area contributed by atoms with E-state index in [0.717, 1.165) is 6.42 Å². The van der Waals surface area contributed by atoms with Gasteiger partial charge in [0.15, 0.2) is 0 Å². The Labute approximate surface area is 172 Å². The summed E-state index contributed by atoms with van der Waals surface area (Å²) in [4.78, 5) is 11.1. The fourth-order valence-corrected chi connectivity index (χ4v) is 3.79. The molecule has 1 aliphatic carbocycles. The third kappa shape index (κ3) is 6.70. The first-order valence-corrected chi connectivity index (χ1v) is 10.0. The van der Waals surface area contributed by atoms with Crippen LogP contribution < -0.4 is 4.74 Å². The predicted octanol–water partition coefficient (Wildman–Crippen LogP) is 2.93. The Hall–Kier alpha value is -2.15. The van der Waals surface area contributed by atoms with Crippen molar-refractivity contribution >= 4 is 5.97 Å². The maximum Gasteiger partial charge on any atom is 0.305 e. The van der Waals surface area contributed by atoms with Crippen LogP contribution in [0.2, 0.25) is 0 Å². The molecule has 1 aromatic rings. The van der Waals surface area contributed by atoms with Crippen LogP contribution in [-0.2, 0) is 9.53 Å². The van der Waals surface area contributed by atoms with E-state index < -0.39 is 18.3 Å². The Balaban J connectivity index is 1.95. The Bertz CT molecular complexity index is 698. The Kier molecular flexibility index (Phi) is 9.38. The van der Waals surface area contributed by atoms with E-state index in [2.05, 4.69) is 4.74 Å². The van der Waals surface area contributed by atoms with Crippen LogP contribution in [0, 0.1) is 11.8 Å². The first-order valence-electron chi connectivity index (χ1n) is 10.0. The quantitative estimate of drug-likeness (QED) is 0.315. The standard InChI is InChI=1S/C23H32O6/c1-28-22-11-8-7-10-18(22)19(24)14-13-17-16(20(25)15-21(17)26)9-5-3-4-6-12-23(27)29-2/h3,5,7-8,10-11,13-14,16-17,19-21,24-26H,4,6,9,12,15H2,1-2H3/b5-3-,14-13+/t16-,17-,19-,20+,21-/m1/s1. The summed E-state index contributed by atoms with van der Waals surface area (Å²) in [5.74, 6) is 0.0201. The van der Waals surface area contributed by atoms with E-state index in [4.69, 9.17) is 4.74 Å². The number of aliphatic hydroxyl groups is 3. The van der Waals surface area contributed by atoms with Crippen molar-refractivity contribution in [3.63, 3.8) is 0 Å². The summed E-state index contributed by atoms with van der Waals surface area (Å²) < 4.78 is 9.89. The van der Waals surface area contributed by atoms with Crippen molar-refractivity contribution < 1.29 is 29.6 Å². The normalized spacial score (nSPS) is 25.6. The molecule has 0 bridgehead atoms. The molecule has 1 aromatic carbocycles. The van der Waals surface area contributed by atoms with Crippen molar-refractivity contribution in [3.8, 4) is 5.75 Å². The molecule has 0 amide bonds. The van der Waals surface area contributed by atoms with E-state index in [-0.39, 0.29) is 17.8 Å². The molecule has 0 radical (unpaired) electrons. The minimum absolute atomic E-state index is 0.122. The topological polar surface area (TPSA) is 96.2 Å². The Morgan fingerprint density at radius 1 is 1.21 bits per heavy atom. The Morgan fingerprint density at radius 3 is 2.69 bits per heavy atom. The van der Waals surface area contributed by atoms with Gasteiger partial charge in [-0.25, -0.2) is 0 Å². The van der Waals surface area contributed by atoms with Gasteiger partial charge in [-0.15, -0.1) is 0 Å². The molecule has 1 aliphatic rings. The molecule has 1 saturated carbocycles. The first kappa shape index (κ1) is 23.1. The first-order chi connectivity index (χ1) is 14.0. The number of benzene rings is 1. The average Bonchev–Trinajstić information content (AvgIpc) is 3.00. The van der Waals surface area contributed by atoms with Crippen molar-refractivity contribution in [2.75, 3.05) is 14.2 Å². The van der Waals surface area contributed by atoms with Crippen molar-refractivity contribution in [3.05, 3.63) is 54.1 Å². The fourth-order valence-electron chi connectivity index (χ4n) is 3.79. The summed E-state index contributed by atoms with van der Waals surface area (Å²) in [7, 11) is 2.93. The van der Waals surface area contributed by atoms with Gasteiger partial charge in [0, 0.05) is 24.3 Å². The smallest absolute Gasteiger partial charge is 0.305 e. The Morgan fingerprint density at radius 2 is 1.97 bits per heavy atom. The summed E-state index contributed by atoms with van der Waals surface area (Å²) in [6.45, 7) is 0. The number of unbranched alkanes of at least 4 members (excludes halogenated alkanes) is 1. The van der Waals surface area contributed by atoms with Crippen molar-refractivity contribution in [1.29, 1.82) is 0 Å². The number of para-hydroxylation sites is 1. The van der Waals surface area contributed by atoms with Gasteiger partial charge in [-0.3, -0.25) is 4.79 Å². The zero-order valence-corrected chi connectivity index (χ0v) is 17.1. The van der Waals surface area contributed by atoms with Crippen molar-refractivity contribution in [2.24, 2.45) is 11.8 Å². The number of esters is 1. The second-order valence-corrected chi connectivity index (χ2v) is 7.36. The van der Waals surface area contributed by atoms with Crippen LogP contribution in [0.3, 0.4) is 0 Å². The van der Waals surface area contributed by atoms with Crippen molar-refractivity contribution in [2.45, 2.75) is 50.4 Å². The van der Waals surface area contributed by atoms with E-state index in [0.29, 0.717) is 37.0 Å². The van der Waals surface area contributed by atoms with Gasteiger partial charge in [0.25, 0.3) is 0 Å². The molecule has 0 aliphatic heterocycles. The molecule has 6 heteroatoms. The molecule has 2 rings (SSSR count). The largest absolute Gasteiger partial charge is 0.496 e. The minimum atomic E-state index is -0.856. The molecule has 5 atom stereocenters. The predicted molar refractivity (Wildman–Crippen MR) is 110 cm³/mol. The lowest BCUT2D eigenvalue weighted by molar-refractivity contribution is -0.140. The van der Waals surface area contributed by atoms with Gasteiger partial charge >= 0.3 is 5.97 Å². The maximum atomic E-state index is 11.1. The molecule has 0 aromatic heterocycles. The molecule has 0 unspecified atom stereocenters. The molecule has 0 saturated heterocycles. The monoisotopic (exact) mass is 404 g/mol. The zero-order chi connectivity index (χ0) is 21.2. The summed E-state index contributed by atoms with van der Waals surface area (Å²) in [6, 6.07) is 7.25. The molecular weight excluding hydrogens is 372 g/mol. The van der Waals surface area contributed by atoms with Crippen LogP contribution in [0.5, 0.6) is 5.75 Å². The van der Waals surface area contributed by atoms with Crippen LogP contribution in [0.15, 0.2) is 48.6 Å². The second kappa shape index (κ2) is 11.8. The van der Waals surface area contributed by atoms with Gasteiger partial charge in [-0.1, -0.05) is 42.5 Å². The molecule has 6 nitrogen and oxygen atoms in total. The van der Waals surface area contributed by atoms with Gasteiger partial charge in [0.1, 0.15) is 11.9 Å². The SMILES string of the molecule is COC(=O)CCC/C=C\C[C@@H]1[C@@H](/C=C/[C@@H](O)c2ccccc2OC)[C@H](O)C[C@@H]1O. The summed E-state index contributed by atoms with van der Waals surface area (Å²) in [5.41, 5.74) is 0.654. The van der Waals surface area contributed by atoms with Crippen LogP contribution in [0.1, 0.15) is 43.8 Å². The lowest BCUT2D eigenvalue weighted by atomic mass is 9.89. The number of hydrogen-bond acceptors (Lipinski definition) is 6. The van der Waals surface area contributed by atoms with Crippen LogP contribution in [-0.4, -0.2) is 47.7 Å². The highest BCUT2D eigenvalue weighted by molar-refractivity contribution is 5.69. The lowest BCUT2D eigenvalue weighted by Gasteiger charge is -2.20. The maximum absolute atomic E-state index is 11.1. The number of carbonyl (C=O) groups excluding carboxylic acids is 1. The van der Waals surface area contributed by atoms with E-state index in [9.17, 15) is 20.1 Å². The number of ether oxygens (including phenoxy) is 2. The number of allylic oxidation sites excluding steroid dienone is 2. The number of rotatable bonds is 10. The molecular formula is C23H32O6. The zero-order valence-electron chi connectivity index (χ0n) is 17.1. The summed E-state index contributed by atoms with van der Waals surface area (Å²) in [5, 5.41) is 31.2. The van der Waals surface area contributed by atoms with Gasteiger partial charge < -0.3 is 24.8 Å². The van der Waals surface area contributed by atoms with E-state index in [1.807, 2.05) is 24.3 Å². The molecule has 29 heavy (non-hydrogen) atoms. The third-order valence-electron chi connectivity index (χ3n) is 5.44. The molecule has 1 fully saturated rings. The van der Waals surface area contributed by atoms with Crippen molar-refractivity contribution in [1.82, 2.24) is 0 Å². The molecule has 0 heterocycles. The third-order valence-corrected chi connectivity index (χ3v) is 5.44. The highest BCUT2D eigenvalue weighted by Gasteiger charge is 2.39. The second-order valence-electron chi connectivity index (χ2n) is 7.36. The number of methoxy groups -OCH3 is 2. The number of aliphatic hydroxyl groups excluding tert-OH is 3. The van der Waals surface area contributed by atoms with Crippen LogP contribution in [0.4, 0.5) is 0 Å². The van der Waals surface area contributed by atoms with Gasteiger partial charge in [-0.2, -0.15) is 0 Å². The van der Waals surface area contributed by atoms with Crippen LogP contribution in [0.25, 0.3) is 0 Å². The van der Waals surface area contributed by atoms with Gasteiger partial charge in [-0.05, 0) is 31.2 Å². The molecule has 3 N–H and O–H groups in total. The van der Waals surface area contributed by atoms with Crippen LogP contribution >= 0.6 is 0 Å². The number of hydrogen-bond donors (Lipinski definition) is 3. The summed E-state index contributed by atoms with van der Waals surface area (Å²) >= 11 is 0. The average molecular weight is 405 g/mol. The number of carbonyl (C=O) groups is 1. The highest BCUT2D eigenvalue weighted by Crippen LogP contribution is 2.37. The molecule has 0 spiro atoms. The van der Waals surface area contributed by atoms with Gasteiger partial charge in [0.05, 0.1) is 26.4 Å². The summed E-state index contributed by atoms with van der Waals surface area (Å²) in [6.07, 6.45) is 8.13. The van der Waals surface area contributed by atoms with Gasteiger partial charge in [0.2, 0.25) is 0 Å². The fraction of sp³-hybridized carbons (Fsp3) is 0.522. The highest BCUT2D eigenvalue weighted by atomic mass is 16.5. The molecule has 160 valence electrons. The lowest BCUT2D eigenvalue weighted by Crippen LogP contribution is -2.20. The van der Waals surface area contributed by atoms with E-state index in [1.165, 1.54) is 7.11 Å². The van der Waals surface area contributed by atoms with E-state index in [1.54, 1.807) is 31.4 Å². The minimum Gasteiger partial charge on any atom is -0.496 e. The van der Waals surface area contributed by atoms with E-state index >= 15 is 0 Å².